The highest BCUT2D eigenvalue weighted by Gasteiger charge is 1.82. The summed E-state index contributed by atoms with van der Waals surface area (Å²) < 4.78 is 0. The topological polar surface area (TPSA) is 0 Å². The van der Waals surface area contributed by atoms with Gasteiger partial charge >= 0.3 is 0 Å². The molecule has 0 aromatic rings. The van der Waals surface area contributed by atoms with Crippen LogP contribution in [0.5, 0.6) is 0 Å². The van der Waals surface area contributed by atoms with Gasteiger partial charge in [-0.25, -0.2) is 0 Å². The van der Waals surface area contributed by atoms with Crippen LogP contribution in [0.4, 0.5) is 0 Å². The second-order valence-corrected chi connectivity index (χ2v) is 2.64. The molecule has 0 atom stereocenters. The molecule has 0 fully saturated rings. The van der Waals surface area contributed by atoms with Gasteiger partial charge in [0.1, 0.15) is 0 Å². The molecule has 0 N–H and O–H groups in total. The lowest BCUT2D eigenvalue weighted by atomic mass is 10.1. The van der Waals surface area contributed by atoms with E-state index in [0.717, 1.165) is 6.42 Å². The Morgan fingerprint density at radius 3 is 2.40 bits per heavy atom. The standard InChI is InChI=1S/C10H16/c1-5-6-10(4)8-7-9(2)3/h5-7H,4,8H2,1-3H3. The third-order valence-corrected chi connectivity index (χ3v) is 1.17. The first-order valence-corrected chi connectivity index (χ1v) is 3.60. The predicted octanol–water partition coefficient (Wildman–Crippen LogP) is 3.48. The van der Waals surface area contributed by atoms with E-state index in [1.165, 1.54) is 11.1 Å². The SMILES string of the molecule is C=C(C=CC)CC=C(C)C. The van der Waals surface area contributed by atoms with Crippen molar-refractivity contribution in [2.75, 3.05) is 0 Å². The first kappa shape index (κ1) is 9.22. The largest absolute Gasteiger partial charge is 0.0955 e. The molecular weight excluding hydrogens is 120 g/mol. The van der Waals surface area contributed by atoms with E-state index >= 15 is 0 Å². The summed E-state index contributed by atoms with van der Waals surface area (Å²) in [6.45, 7) is 10.1. The number of hydrogen-bond donors (Lipinski definition) is 0. The van der Waals surface area contributed by atoms with Crippen molar-refractivity contribution in [1.82, 2.24) is 0 Å². The van der Waals surface area contributed by atoms with E-state index in [2.05, 4.69) is 26.5 Å². The van der Waals surface area contributed by atoms with Crippen LogP contribution in [0.25, 0.3) is 0 Å². The van der Waals surface area contributed by atoms with Crippen molar-refractivity contribution in [3.05, 3.63) is 36.0 Å². The maximum atomic E-state index is 3.88. The lowest BCUT2D eigenvalue weighted by molar-refractivity contribution is 1.23. The highest BCUT2D eigenvalue weighted by molar-refractivity contribution is 5.18. The second kappa shape index (κ2) is 5.04. The number of allylic oxidation sites excluding steroid dienone is 5. The van der Waals surface area contributed by atoms with Crippen molar-refractivity contribution < 1.29 is 0 Å². The molecule has 0 bridgehead atoms. The van der Waals surface area contributed by atoms with Crippen molar-refractivity contribution >= 4 is 0 Å². The Balaban J connectivity index is 3.71. The van der Waals surface area contributed by atoms with E-state index in [1.807, 2.05) is 19.1 Å². The average Bonchev–Trinajstić information content (AvgIpc) is 1.85. The molecule has 0 radical (unpaired) electrons. The zero-order chi connectivity index (χ0) is 7.98. The van der Waals surface area contributed by atoms with Gasteiger partial charge in [0.15, 0.2) is 0 Å². The van der Waals surface area contributed by atoms with Gasteiger partial charge in [-0.1, -0.05) is 36.0 Å². The second-order valence-electron chi connectivity index (χ2n) is 2.64. The number of hydrogen-bond acceptors (Lipinski definition) is 0. The molecule has 0 unspecified atom stereocenters. The highest BCUT2D eigenvalue weighted by Crippen LogP contribution is 2.03. The van der Waals surface area contributed by atoms with Crippen molar-refractivity contribution in [3.63, 3.8) is 0 Å². The van der Waals surface area contributed by atoms with E-state index in [9.17, 15) is 0 Å². The molecule has 0 heterocycles. The van der Waals surface area contributed by atoms with Crippen LogP contribution in [0.2, 0.25) is 0 Å². The summed E-state index contributed by atoms with van der Waals surface area (Å²) in [5.41, 5.74) is 2.52. The van der Waals surface area contributed by atoms with E-state index in [1.54, 1.807) is 0 Å². The summed E-state index contributed by atoms with van der Waals surface area (Å²) in [5.74, 6) is 0. The van der Waals surface area contributed by atoms with Crippen molar-refractivity contribution in [3.8, 4) is 0 Å². The molecule has 0 aliphatic rings. The van der Waals surface area contributed by atoms with Crippen LogP contribution in [0.1, 0.15) is 27.2 Å². The smallest absolute Gasteiger partial charge is 0.0101 e. The van der Waals surface area contributed by atoms with E-state index < -0.39 is 0 Å². The highest BCUT2D eigenvalue weighted by atomic mass is 13.9. The number of rotatable bonds is 3. The summed E-state index contributed by atoms with van der Waals surface area (Å²) in [7, 11) is 0. The Bertz CT molecular complexity index is 155. The quantitative estimate of drug-likeness (QED) is 0.411. The Hall–Kier alpha value is -0.780. The molecule has 0 aliphatic heterocycles. The minimum absolute atomic E-state index is 0.979. The summed E-state index contributed by atoms with van der Waals surface area (Å²) in [5, 5.41) is 0. The molecule has 0 amide bonds. The van der Waals surface area contributed by atoms with Crippen molar-refractivity contribution in [2.24, 2.45) is 0 Å². The van der Waals surface area contributed by atoms with Gasteiger partial charge in [0.2, 0.25) is 0 Å². The Morgan fingerprint density at radius 2 is 2.00 bits per heavy atom. The minimum atomic E-state index is 0.979. The van der Waals surface area contributed by atoms with E-state index in [0.29, 0.717) is 0 Å². The lowest BCUT2D eigenvalue weighted by Crippen LogP contribution is -1.72. The maximum Gasteiger partial charge on any atom is -0.0101 e. The first-order chi connectivity index (χ1) is 4.66. The van der Waals surface area contributed by atoms with Gasteiger partial charge in [0.25, 0.3) is 0 Å². The Labute approximate surface area is 64.0 Å². The van der Waals surface area contributed by atoms with Gasteiger partial charge in [0, 0.05) is 0 Å². The van der Waals surface area contributed by atoms with Gasteiger partial charge in [-0.15, -0.1) is 0 Å². The molecule has 0 saturated heterocycles. The molecule has 0 spiro atoms. The summed E-state index contributed by atoms with van der Waals surface area (Å²) in [4.78, 5) is 0. The summed E-state index contributed by atoms with van der Waals surface area (Å²) >= 11 is 0. The summed E-state index contributed by atoms with van der Waals surface area (Å²) in [6, 6.07) is 0. The molecule has 0 aromatic heterocycles. The third-order valence-electron chi connectivity index (χ3n) is 1.17. The first-order valence-electron chi connectivity index (χ1n) is 3.60. The lowest BCUT2D eigenvalue weighted by Gasteiger charge is -1.92. The minimum Gasteiger partial charge on any atom is -0.0955 e. The van der Waals surface area contributed by atoms with Crippen molar-refractivity contribution in [1.29, 1.82) is 0 Å². The molecule has 0 heteroatoms. The van der Waals surface area contributed by atoms with Crippen LogP contribution in [-0.2, 0) is 0 Å². The maximum absolute atomic E-state index is 3.88. The Kier molecular flexibility index (Phi) is 4.65. The van der Waals surface area contributed by atoms with Gasteiger partial charge in [-0.3, -0.25) is 0 Å². The molecule has 56 valence electrons. The fraction of sp³-hybridized carbons (Fsp3) is 0.400. The van der Waals surface area contributed by atoms with Gasteiger partial charge in [0.05, 0.1) is 0 Å². The predicted molar refractivity (Wildman–Crippen MR) is 48.0 cm³/mol. The van der Waals surface area contributed by atoms with E-state index in [4.69, 9.17) is 0 Å². The summed E-state index contributed by atoms with van der Waals surface area (Å²) in [6.07, 6.45) is 7.22. The normalized spacial score (nSPS) is 9.90. The van der Waals surface area contributed by atoms with Gasteiger partial charge in [-0.05, 0) is 27.2 Å². The van der Waals surface area contributed by atoms with Crippen LogP contribution < -0.4 is 0 Å². The van der Waals surface area contributed by atoms with Crippen molar-refractivity contribution in [2.45, 2.75) is 27.2 Å². The van der Waals surface area contributed by atoms with E-state index in [-0.39, 0.29) is 0 Å². The van der Waals surface area contributed by atoms with Crippen LogP contribution in [-0.4, -0.2) is 0 Å². The van der Waals surface area contributed by atoms with Crippen LogP contribution >= 0.6 is 0 Å². The molecular formula is C10H16. The third kappa shape index (κ3) is 5.36. The molecule has 0 saturated carbocycles. The molecule has 0 aromatic carbocycles. The van der Waals surface area contributed by atoms with Crippen LogP contribution in [0, 0.1) is 0 Å². The average molecular weight is 136 g/mol. The van der Waals surface area contributed by atoms with Crippen LogP contribution in [0.3, 0.4) is 0 Å². The molecule has 0 rings (SSSR count). The zero-order valence-electron chi connectivity index (χ0n) is 7.15. The Morgan fingerprint density at radius 1 is 1.40 bits per heavy atom. The molecule has 0 aliphatic carbocycles. The molecule has 0 nitrogen and oxygen atoms in total. The fourth-order valence-electron chi connectivity index (χ4n) is 0.639. The van der Waals surface area contributed by atoms with Gasteiger partial charge in [-0.2, -0.15) is 0 Å². The van der Waals surface area contributed by atoms with Gasteiger partial charge < -0.3 is 0 Å². The zero-order valence-corrected chi connectivity index (χ0v) is 7.15. The van der Waals surface area contributed by atoms with Crippen LogP contribution in [0.15, 0.2) is 36.0 Å². The molecule has 10 heavy (non-hydrogen) atoms. The monoisotopic (exact) mass is 136 g/mol. The fourth-order valence-corrected chi connectivity index (χ4v) is 0.639.